The molecule has 6 heteroatoms. The molecule has 0 bridgehead atoms. The molecule has 2 aromatic carbocycles. The molecule has 0 spiro atoms. The van der Waals surface area contributed by atoms with Gasteiger partial charge in [0.1, 0.15) is 0 Å². The largest absolute Gasteiger partial charge is 0.461 e. The van der Waals surface area contributed by atoms with Gasteiger partial charge >= 0.3 is 0 Å². The van der Waals surface area contributed by atoms with Gasteiger partial charge in [0.25, 0.3) is 0 Å². The van der Waals surface area contributed by atoms with Crippen LogP contribution in [0.1, 0.15) is 16.7 Å². The molecule has 4 rings (SSSR count). The minimum atomic E-state index is 0.657. The van der Waals surface area contributed by atoms with E-state index in [9.17, 15) is 0 Å². The zero-order chi connectivity index (χ0) is 18.6. The van der Waals surface area contributed by atoms with Crippen molar-refractivity contribution in [2.24, 2.45) is 0 Å². The van der Waals surface area contributed by atoms with Gasteiger partial charge in [-0.05, 0) is 48.9 Å². The van der Waals surface area contributed by atoms with E-state index in [1.807, 2.05) is 47.0 Å². The van der Waals surface area contributed by atoms with Gasteiger partial charge < -0.3 is 4.42 Å². The minimum absolute atomic E-state index is 0.657. The first-order valence-electron chi connectivity index (χ1n) is 8.43. The zero-order valence-electron chi connectivity index (χ0n) is 14.7. The monoisotopic (exact) mass is 372 g/mol. The first-order valence-corrected chi connectivity index (χ1v) is 9.41. The van der Waals surface area contributed by atoms with Crippen molar-refractivity contribution in [2.75, 3.05) is 0 Å². The number of rotatable bonds is 5. The summed E-state index contributed by atoms with van der Waals surface area (Å²) in [5.74, 6) is 2.02. The fourth-order valence-corrected chi connectivity index (χ4v) is 3.63. The van der Waals surface area contributed by atoms with E-state index >= 15 is 0 Å². The molecule has 4 aromatic rings. The predicted molar refractivity (Wildman–Crippen MR) is 105 cm³/mol. The summed E-state index contributed by atoms with van der Waals surface area (Å²) in [7, 11) is 0. The first-order chi connectivity index (χ1) is 13.2. The number of aromatic nitrogens is 3. The number of furan rings is 1. The van der Waals surface area contributed by atoms with Gasteiger partial charge in [-0.15, -0.1) is 10.2 Å². The minimum Gasteiger partial charge on any atom is -0.461 e. The van der Waals surface area contributed by atoms with E-state index < -0.39 is 0 Å². The Hall–Kier alpha value is -3.30. The van der Waals surface area contributed by atoms with Crippen LogP contribution in [0.25, 0.3) is 17.3 Å². The number of benzene rings is 2. The van der Waals surface area contributed by atoms with Gasteiger partial charge in [-0.2, -0.15) is 5.26 Å². The summed E-state index contributed by atoms with van der Waals surface area (Å²) in [6.45, 7) is 2.06. The van der Waals surface area contributed by atoms with Crippen LogP contribution in [0.15, 0.2) is 76.5 Å². The number of nitrogens with zero attached hydrogens (tertiary/aromatic N) is 4. The van der Waals surface area contributed by atoms with E-state index in [0.717, 1.165) is 16.4 Å². The lowest BCUT2D eigenvalue weighted by Crippen LogP contribution is -1.99. The van der Waals surface area contributed by atoms with Gasteiger partial charge in [0, 0.05) is 11.4 Å². The Bertz CT molecular complexity index is 1090. The van der Waals surface area contributed by atoms with E-state index in [1.54, 1.807) is 24.1 Å². The van der Waals surface area contributed by atoms with Gasteiger partial charge in [-0.1, -0.05) is 41.6 Å². The van der Waals surface area contributed by atoms with Crippen molar-refractivity contribution in [1.82, 2.24) is 14.8 Å². The number of hydrogen-bond acceptors (Lipinski definition) is 5. The fourth-order valence-electron chi connectivity index (χ4n) is 2.73. The molecule has 0 unspecified atom stereocenters. The van der Waals surface area contributed by atoms with Crippen molar-refractivity contribution in [1.29, 1.82) is 5.26 Å². The van der Waals surface area contributed by atoms with Gasteiger partial charge in [-0.3, -0.25) is 4.57 Å². The highest BCUT2D eigenvalue weighted by Crippen LogP contribution is 2.30. The van der Waals surface area contributed by atoms with Gasteiger partial charge in [-0.25, -0.2) is 0 Å². The Labute approximate surface area is 161 Å². The predicted octanol–water partition coefficient (Wildman–Crippen LogP) is 5.00. The van der Waals surface area contributed by atoms with E-state index in [-0.39, 0.29) is 0 Å². The molecular formula is C21H16N4OS. The second kappa shape index (κ2) is 7.52. The van der Waals surface area contributed by atoms with E-state index in [1.165, 1.54) is 5.56 Å². The second-order valence-electron chi connectivity index (χ2n) is 6.06. The van der Waals surface area contributed by atoms with Crippen molar-refractivity contribution < 1.29 is 4.42 Å². The molecule has 27 heavy (non-hydrogen) atoms. The number of thioether (sulfide) groups is 1. The molecule has 0 aliphatic heterocycles. The Kier molecular flexibility index (Phi) is 4.77. The third-order valence-corrected chi connectivity index (χ3v) is 5.09. The molecule has 2 heterocycles. The molecular weight excluding hydrogens is 356 g/mol. The van der Waals surface area contributed by atoms with Crippen molar-refractivity contribution >= 4 is 11.8 Å². The van der Waals surface area contributed by atoms with Crippen LogP contribution < -0.4 is 0 Å². The van der Waals surface area contributed by atoms with Crippen LogP contribution in [-0.4, -0.2) is 14.8 Å². The summed E-state index contributed by atoms with van der Waals surface area (Å²) in [5.41, 5.74) is 3.89. The summed E-state index contributed by atoms with van der Waals surface area (Å²) < 4.78 is 7.54. The summed E-state index contributed by atoms with van der Waals surface area (Å²) in [6, 6.07) is 21.7. The molecule has 2 aromatic heterocycles. The molecule has 0 fully saturated rings. The van der Waals surface area contributed by atoms with Gasteiger partial charge in [0.2, 0.25) is 5.82 Å². The lowest BCUT2D eigenvalue weighted by atomic mass is 10.2. The highest BCUT2D eigenvalue weighted by Gasteiger charge is 2.18. The third kappa shape index (κ3) is 3.64. The highest BCUT2D eigenvalue weighted by atomic mass is 32.2. The molecule has 132 valence electrons. The molecule has 0 aliphatic rings. The normalized spacial score (nSPS) is 10.7. The quantitative estimate of drug-likeness (QED) is 0.461. The van der Waals surface area contributed by atoms with Gasteiger partial charge in [0.15, 0.2) is 10.9 Å². The Morgan fingerprint density at radius 3 is 2.67 bits per heavy atom. The maximum Gasteiger partial charge on any atom is 0.205 e. The lowest BCUT2D eigenvalue weighted by Gasteiger charge is -2.09. The van der Waals surface area contributed by atoms with E-state index in [0.29, 0.717) is 22.9 Å². The SMILES string of the molecule is Cc1ccc(-n2c(SCc3cccc(C#N)c3)nnc2-c2ccco2)cc1. The van der Waals surface area contributed by atoms with Crippen molar-refractivity contribution in [2.45, 2.75) is 17.8 Å². The molecule has 0 saturated heterocycles. The van der Waals surface area contributed by atoms with E-state index in [4.69, 9.17) is 9.68 Å². The van der Waals surface area contributed by atoms with Crippen molar-refractivity contribution in [3.63, 3.8) is 0 Å². The van der Waals surface area contributed by atoms with Crippen LogP contribution >= 0.6 is 11.8 Å². The standard InChI is InChI=1S/C21H16N4OS/c1-15-7-9-18(10-8-15)25-20(19-6-3-11-26-19)23-24-21(25)27-14-17-5-2-4-16(12-17)13-22/h2-12H,14H2,1H3. The van der Waals surface area contributed by atoms with Crippen LogP contribution in [0.5, 0.6) is 0 Å². The van der Waals surface area contributed by atoms with Crippen LogP contribution in [0.3, 0.4) is 0 Å². The molecule has 0 aliphatic carbocycles. The number of nitriles is 1. The number of aryl methyl sites for hydroxylation is 1. The molecule has 5 nitrogen and oxygen atoms in total. The Morgan fingerprint density at radius 1 is 1.07 bits per heavy atom. The maximum atomic E-state index is 9.08. The topological polar surface area (TPSA) is 67.6 Å². The van der Waals surface area contributed by atoms with E-state index in [2.05, 4.69) is 35.3 Å². The first kappa shape index (κ1) is 17.1. The van der Waals surface area contributed by atoms with Crippen LogP contribution in [0.4, 0.5) is 0 Å². The highest BCUT2D eigenvalue weighted by molar-refractivity contribution is 7.98. The van der Waals surface area contributed by atoms with Gasteiger partial charge in [0.05, 0.1) is 17.9 Å². The Morgan fingerprint density at radius 2 is 1.93 bits per heavy atom. The molecule has 0 N–H and O–H groups in total. The van der Waals surface area contributed by atoms with Crippen LogP contribution in [0, 0.1) is 18.3 Å². The van der Waals surface area contributed by atoms with Crippen LogP contribution in [0.2, 0.25) is 0 Å². The average molecular weight is 372 g/mol. The maximum absolute atomic E-state index is 9.08. The third-order valence-electron chi connectivity index (χ3n) is 4.09. The summed E-state index contributed by atoms with van der Waals surface area (Å²) in [6.07, 6.45) is 1.63. The summed E-state index contributed by atoms with van der Waals surface area (Å²) >= 11 is 1.57. The lowest BCUT2D eigenvalue weighted by molar-refractivity contribution is 0.575. The summed E-state index contributed by atoms with van der Waals surface area (Å²) in [5, 5.41) is 18.6. The molecule has 0 atom stereocenters. The molecule has 0 amide bonds. The number of hydrogen-bond donors (Lipinski definition) is 0. The summed E-state index contributed by atoms with van der Waals surface area (Å²) in [4.78, 5) is 0. The molecule has 0 saturated carbocycles. The van der Waals surface area contributed by atoms with Crippen molar-refractivity contribution in [3.8, 4) is 23.3 Å². The zero-order valence-corrected chi connectivity index (χ0v) is 15.5. The average Bonchev–Trinajstić information content (AvgIpc) is 3.37. The van der Waals surface area contributed by atoms with Crippen LogP contribution in [-0.2, 0) is 5.75 Å². The fraction of sp³-hybridized carbons (Fsp3) is 0.0952. The smallest absolute Gasteiger partial charge is 0.205 e. The Balaban J connectivity index is 1.70. The second-order valence-corrected chi connectivity index (χ2v) is 7.00. The molecule has 0 radical (unpaired) electrons. The van der Waals surface area contributed by atoms with Crippen molar-refractivity contribution in [3.05, 3.63) is 83.6 Å².